The van der Waals surface area contributed by atoms with Gasteiger partial charge in [0.2, 0.25) is 0 Å². The minimum absolute atomic E-state index is 0.0418. The van der Waals surface area contributed by atoms with Crippen molar-refractivity contribution in [1.82, 2.24) is 9.55 Å². The standard InChI is InChI=1S/C28H30N2O2S2/c1-28(2,3)19-11-9-18(10-12-19)17-33-27-29-25-24(22-7-5-6-8-23(22)34-25)26(31)30(27)20-13-15-21(32-4)16-14-20/h9-16H,5-8,17H2,1-4H3. The van der Waals surface area contributed by atoms with E-state index in [0.717, 1.165) is 51.8 Å². The molecule has 1 aliphatic carbocycles. The van der Waals surface area contributed by atoms with Crippen LogP contribution in [-0.4, -0.2) is 16.7 Å². The van der Waals surface area contributed by atoms with Crippen LogP contribution in [0.5, 0.6) is 5.75 Å². The van der Waals surface area contributed by atoms with Crippen molar-refractivity contribution in [3.05, 3.63) is 80.5 Å². The molecule has 0 amide bonds. The van der Waals surface area contributed by atoms with Crippen LogP contribution in [0.4, 0.5) is 0 Å². The third-order valence-corrected chi connectivity index (χ3v) is 8.67. The molecule has 4 aromatic rings. The van der Waals surface area contributed by atoms with Crippen molar-refractivity contribution in [3.63, 3.8) is 0 Å². The zero-order valence-corrected chi connectivity index (χ0v) is 21.8. The van der Waals surface area contributed by atoms with Crippen LogP contribution >= 0.6 is 23.1 Å². The third-order valence-electron chi connectivity index (χ3n) is 6.48. The molecule has 0 fully saturated rings. The topological polar surface area (TPSA) is 44.1 Å². The van der Waals surface area contributed by atoms with E-state index in [2.05, 4.69) is 45.0 Å². The van der Waals surface area contributed by atoms with E-state index in [9.17, 15) is 4.79 Å². The molecule has 0 aliphatic heterocycles. The largest absolute Gasteiger partial charge is 0.497 e. The molecular formula is C28H30N2O2S2. The van der Waals surface area contributed by atoms with E-state index >= 15 is 0 Å². The zero-order chi connectivity index (χ0) is 23.9. The first-order valence-electron chi connectivity index (χ1n) is 11.8. The Morgan fingerprint density at radius 1 is 1.03 bits per heavy atom. The van der Waals surface area contributed by atoms with Gasteiger partial charge in [-0.25, -0.2) is 4.98 Å². The first kappa shape index (κ1) is 23.2. The predicted octanol–water partition coefficient (Wildman–Crippen LogP) is 6.92. The number of thiophene rings is 1. The minimum Gasteiger partial charge on any atom is -0.497 e. The van der Waals surface area contributed by atoms with Gasteiger partial charge in [0.1, 0.15) is 10.6 Å². The maximum atomic E-state index is 13.9. The number of fused-ring (bicyclic) bond motifs is 3. The maximum Gasteiger partial charge on any atom is 0.267 e. The molecule has 2 aromatic carbocycles. The average Bonchev–Trinajstić information content (AvgIpc) is 3.21. The van der Waals surface area contributed by atoms with Gasteiger partial charge in [-0.2, -0.15) is 0 Å². The molecule has 0 N–H and O–H groups in total. The molecule has 5 rings (SSSR count). The third kappa shape index (κ3) is 4.41. The lowest BCUT2D eigenvalue weighted by Gasteiger charge is -2.19. The van der Waals surface area contributed by atoms with E-state index in [1.807, 2.05) is 24.3 Å². The molecule has 0 spiro atoms. The Hall–Kier alpha value is -2.57. The number of aromatic nitrogens is 2. The van der Waals surface area contributed by atoms with Gasteiger partial charge in [0.15, 0.2) is 5.16 Å². The van der Waals surface area contributed by atoms with Gasteiger partial charge in [-0.1, -0.05) is 56.8 Å². The normalized spacial score (nSPS) is 13.8. The smallest absolute Gasteiger partial charge is 0.267 e. The molecule has 2 aromatic heterocycles. The number of aryl methyl sites for hydroxylation is 2. The molecular weight excluding hydrogens is 460 g/mol. The molecule has 1 aliphatic rings. The molecule has 34 heavy (non-hydrogen) atoms. The lowest BCUT2D eigenvalue weighted by molar-refractivity contribution is 0.414. The number of methoxy groups -OCH3 is 1. The fourth-order valence-electron chi connectivity index (χ4n) is 4.49. The van der Waals surface area contributed by atoms with Crippen molar-refractivity contribution in [2.24, 2.45) is 0 Å². The van der Waals surface area contributed by atoms with Gasteiger partial charge >= 0.3 is 0 Å². The Morgan fingerprint density at radius 3 is 2.41 bits per heavy atom. The highest BCUT2D eigenvalue weighted by molar-refractivity contribution is 7.98. The summed E-state index contributed by atoms with van der Waals surface area (Å²) in [6, 6.07) is 16.5. The predicted molar refractivity (Wildman–Crippen MR) is 143 cm³/mol. The Bertz CT molecular complexity index is 1380. The van der Waals surface area contributed by atoms with Crippen LogP contribution < -0.4 is 10.3 Å². The summed E-state index contributed by atoms with van der Waals surface area (Å²) in [5.41, 5.74) is 4.76. The van der Waals surface area contributed by atoms with Gasteiger partial charge in [0.05, 0.1) is 18.2 Å². The van der Waals surface area contributed by atoms with Gasteiger partial charge in [-0.15, -0.1) is 11.3 Å². The molecule has 0 atom stereocenters. The summed E-state index contributed by atoms with van der Waals surface area (Å²) in [5, 5.41) is 1.55. The number of ether oxygens (including phenoxy) is 1. The minimum atomic E-state index is 0.0418. The van der Waals surface area contributed by atoms with Crippen molar-refractivity contribution in [2.75, 3.05) is 7.11 Å². The number of thioether (sulfide) groups is 1. The number of hydrogen-bond donors (Lipinski definition) is 0. The first-order chi connectivity index (χ1) is 16.3. The molecule has 0 saturated heterocycles. The fraction of sp³-hybridized carbons (Fsp3) is 0.357. The highest BCUT2D eigenvalue weighted by Gasteiger charge is 2.23. The molecule has 4 nitrogen and oxygen atoms in total. The summed E-state index contributed by atoms with van der Waals surface area (Å²) in [7, 11) is 1.65. The van der Waals surface area contributed by atoms with Crippen LogP contribution in [0.2, 0.25) is 0 Å². The summed E-state index contributed by atoms with van der Waals surface area (Å²) in [6.45, 7) is 6.68. The van der Waals surface area contributed by atoms with E-state index in [4.69, 9.17) is 9.72 Å². The number of nitrogens with zero attached hydrogens (tertiary/aromatic N) is 2. The first-order valence-corrected chi connectivity index (χ1v) is 13.6. The van der Waals surface area contributed by atoms with Gasteiger partial charge in [0, 0.05) is 10.6 Å². The van der Waals surface area contributed by atoms with Gasteiger partial charge in [-0.05, 0) is 72.1 Å². The highest BCUT2D eigenvalue weighted by Crippen LogP contribution is 2.36. The fourth-order valence-corrected chi connectivity index (χ4v) is 6.76. The van der Waals surface area contributed by atoms with Crippen molar-refractivity contribution in [3.8, 4) is 11.4 Å². The van der Waals surface area contributed by atoms with Crippen LogP contribution in [0.25, 0.3) is 15.9 Å². The summed E-state index contributed by atoms with van der Waals surface area (Å²) in [6.07, 6.45) is 4.36. The van der Waals surface area contributed by atoms with Crippen LogP contribution in [0.3, 0.4) is 0 Å². The Balaban J connectivity index is 1.57. The van der Waals surface area contributed by atoms with Gasteiger partial charge in [0.25, 0.3) is 5.56 Å². The van der Waals surface area contributed by atoms with E-state index < -0.39 is 0 Å². The van der Waals surface area contributed by atoms with Crippen molar-refractivity contribution in [2.45, 2.75) is 62.8 Å². The second-order valence-corrected chi connectivity index (χ2v) is 11.9. The van der Waals surface area contributed by atoms with Crippen molar-refractivity contribution >= 4 is 33.3 Å². The second kappa shape index (κ2) is 9.23. The molecule has 0 radical (unpaired) electrons. The Kier molecular flexibility index (Phi) is 6.30. The monoisotopic (exact) mass is 490 g/mol. The van der Waals surface area contributed by atoms with E-state index in [1.165, 1.54) is 28.0 Å². The van der Waals surface area contributed by atoms with Gasteiger partial charge in [-0.3, -0.25) is 9.36 Å². The number of hydrogen-bond acceptors (Lipinski definition) is 5. The van der Waals surface area contributed by atoms with E-state index in [-0.39, 0.29) is 11.0 Å². The van der Waals surface area contributed by atoms with Gasteiger partial charge < -0.3 is 4.74 Å². The second-order valence-electron chi connectivity index (χ2n) is 9.86. The zero-order valence-electron chi connectivity index (χ0n) is 20.2. The molecule has 176 valence electrons. The summed E-state index contributed by atoms with van der Waals surface area (Å²) in [5.74, 6) is 1.52. The average molecular weight is 491 g/mol. The summed E-state index contributed by atoms with van der Waals surface area (Å²) < 4.78 is 7.12. The molecule has 6 heteroatoms. The summed E-state index contributed by atoms with van der Waals surface area (Å²) >= 11 is 3.33. The number of rotatable bonds is 5. The lowest BCUT2D eigenvalue weighted by Crippen LogP contribution is -2.22. The van der Waals surface area contributed by atoms with E-state index in [0.29, 0.717) is 0 Å². The van der Waals surface area contributed by atoms with Crippen LogP contribution in [0, 0.1) is 0 Å². The molecule has 0 unspecified atom stereocenters. The molecule has 2 heterocycles. The van der Waals surface area contributed by atoms with Crippen molar-refractivity contribution in [1.29, 1.82) is 0 Å². The SMILES string of the molecule is COc1ccc(-n2c(SCc3ccc(C(C)(C)C)cc3)nc3sc4c(c3c2=O)CCCC4)cc1. The Morgan fingerprint density at radius 2 is 1.74 bits per heavy atom. The van der Waals surface area contributed by atoms with Crippen molar-refractivity contribution < 1.29 is 4.74 Å². The summed E-state index contributed by atoms with van der Waals surface area (Å²) in [4.78, 5) is 21.2. The van der Waals surface area contributed by atoms with Crippen LogP contribution in [0.15, 0.2) is 58.5 Å². The maximum absolute atomic E-state index is 13.9. The molecule has 0 bridgehead atoms. The van der Waals surface area contributed by atoms with Crippen LogP contribution in [0.1, 0.15) is 55.2 Å². The lowest BCUT2D eigenvalue weighted by atomic mass is 9.87. The number of benzene rings is 2. The highest BCUT2D eigenvalue weighted by atomic mass is 32.2. The van der Waals surface area contributed by atoms with E-state index in [1.54, 1.807) is 34.8 Å². The molecule has 0 saturated carbocycles. The van der Waals surface area contributed by atoms with Crippen LogP contribution in [-0.2, 0) is 24.0 Å². The Labute approximate surface area is 209 Å². The quantitative estimate of drug-likeness (QED) is 0.225.